The van der Waals surface area contributed by atoms with Crippen LogP contribution in [0.2, 0.25) is 0 Å². The molecule has 0 bridgehead atoms. The maximum atomic E-state index is 12.4. The quantitative estimate of drug-likeness (QED) is 0.737. The Hall–Kier alpha value is -2.63. The van der Waals surface area contributed by atoms with Crippen molar-refractivity contribution in [2.24, 2.45) is 0 Å². The predicted octanol–water partition coefficient (Wildman–Crippen LogP) is 2.24. The zero-order chi connectivity index (χ0) is 14.8. The van der Waals surface area contributed by atoms with Crippen molar-refractivity contribution in [3.8, 4) is 0 Å². The topological polar surface area (TPSA) is 64.2 Å². The number of fused-ring (bicyclic) bond motifs is 1. The Morgan fingerprint density at radius 3 is 2.95 bits per heavy atom. The molecule has 0 spiro atoms. The van der Waals surface area contributed by atoms with E-state index >= 15 is 0 Å². The van der Waals surface area contributed by atoms with E-state index in [0.717, 1.165) is 16.7 Å². The number of nitrogens with zero attached hydrogens (tertiary/aromatic N) is 4. The number of rotatable bonds is 4. The van der Waals surface area contributed by atoms with Gasteiger partial charge in [0.05, 0.1) is 23.4 Å². The van der Waals surface area contributed by atoms with Crippen LogP contribution in [-0.4, -0.2) is 32.6 Å². The van der Waals surface area contributed by atoms with E-state index in [0.29, 0.717) is 0 Å². The number of hydrogen-bond donors (Lipinski definition) is 0. The van der Waals surface area contributed by atoms with Gasteiger partial charge in [0, 0.05) is 13.1 Å². The largest absolute Gasteiger partial charge is 0.364 e. The molecule has 2 heterocycles. The molecule has 0 radical (unpaired) electrons. The number of imidazole rings is 1. The van der Waals surface area contributed by atoms with Crippen LogP contribution in [0, 0.1) is 0 Å². The molecule has 1 amide bonds. The zero-order valence-corrected chi connectivity index (χ0v) is 11.9. The van der Waals surface area contributed by atoms with Crippen molar-refractivity contribution < 1.29 is 9.32 Å². The fourth-order valence-electron chi connectivity index (χ4n) is 2.25. The summed E-state index contributed by atoms with van der Waals surface area (Å²) in [5.41, 5.74) is 2.58. The lowest BCUT2D eigenvalue weighted by atomic mass is 10.2. The second-order valence-electron chi connectivity index (χ2n) is 4.97. The van der Waals surface area contributed by atoms with Crippen molar-refractivity contribution >= 4 is 16.9 Å². The number of amides is 1. The van der Waals surface area contributed by atoms with Crippen LogP contribution in [0.5, 0.6) is 0 Å². The standard InChI is InChI=1S/C15H16N4O2/c1-11(12-7-8-21-17-12)18(2)15(20)9-19-10-16-13-5-3-4-6-14(13)19/h3-8,10-11H,9H2,1-2H3/t11-/m0/s1. The lowest BCUT2D eigenvalue weighted by Gasteiger charge is -2.23. The number of carbonyl (C=O) groups is 1. The Balaban J connectivity index is 1.77. The first-order valence-corrected chi connectivity index (χ1v) is 6.72. The minimum atomic E-state index is -0.133. The Kier molecular flexibility index (Phi) is 3.43. The van der Waals surface area contributed by atoms with Gasteiger partial charge in [-0.05, 0) is 19.1 Å². The predicted molar refractivity (Wildman–Crippen MR) is 77.4 cm³/mol. The summed E-state index contributed by atoms with van der Waals surface area (Å²) in [6.07, 6.45) is 3.20. The smallest absolute Gasteiger partial charge is 0.242 e. The molecule has 3 rings (SSSR count). The summed E-state index contributed by atoms with van der Waals surface area (Å²) in [7, 11) is 1.76. The molecule has 0 N–H and O–H groups in total. The van der Waals surface area contributed by atoms with Gasteiger partial charge in [-0.3, -0.25) is 4.79 Å². The monoisotopic (exact) mass is 284 g/mol. The van der Waals surface area contributed by atoms with Gasteiger partial charge in [-0.15, -0.1) is 0 Å². The minimum absolute atomic E-state index is 0.00588. The SMILES string of the molecule is C[C@@H](c1ccon1)N(C)C(=O)Cn1cnc2ccccc21. The van der Waals surface area contributed by atoms with Crippen LogP contribution >= 0.6 is 0 Å². The van der Waals surface area contributed by atoms with Crippen LogP contribution < -0.4 is 0 Å². The molecular formula is C15H16N4O2. The summed E-state index contributed by atoms with van der Waals surface area (Å²) in [5, 5.41) is 3.88. The highest BCUT2D eigenvalue weighted by Crippen LogP contribution is 2.18. The fraction of sp³-hybridized carbons (Fsp3) is 0.267. The van der Waals surface area contributed by atoms with Gasteiger partial charge in [0.25, 0.3) is 0 Å². The summed E-state index contributed by atoms with van der Waals surface area (Å²) in [4.78, 5) is 18.4. The minimum Gasteiger partial charge on any atom is -0.364 e. The van der Waals surface area contributed by atoms with Gasteiger partial charge in [0.1, 0.15) is 18.5 Å². The van der Waals surface area contributed by atoms with Crippen molar-refractivity contribution in [3.63, 3.8) is 0 Å². The highest BCUT2D eigenvalue weighted by molar-refractivity contribution is 5.80. The van der Waals surface area contributed by atoms with Crippen LogP contribution in [-0.2, 0) is 11.3 Å². The van der Waals surface area contributed by atoms with Gasteiger partial charge in [0.2, 0.25) is 5.91 Å². The van der Waals surface area contributed by atoms with E-state index in [-0.39, 0.29) is 18.5 Å². The number of carbonyl (C=O) groups excluding carboxylic acids is 1. The first-order valence-electron chi connectivity index (χ1n) is 6.72. The Morgan fingerprint density at radius 1 is 1.38 bits per heavy atom. The van der Waals surface area contributed by atoms with Gasteiger partial charge in [-0.2, -0.15) is 0 Å². The van der Waals surface area contributed by atoms with E-state index < -0.39 is 0 Å². The molecule has 1 atom stereocenters. The van der Waals surface area contributed by atoms with Crippen molar-refractivity contribution in [1.29, 1.82) is 0 Å². The van der Waals surface area contributed by atoms with Crippen LogP contribution in [0.25, 0.3) is 11.0 Å². The van der Waals surface area contributed by atoms with Gasteiger partial charge in [-0.1, -0.05) is 17.3 Å². The number of likely N-dealkylation sites (N-methyl/N-ethyl adjacent to an activating group) is 1. The summed E-state index contributed by atoms with van der Waals surface area (Å²) in [6.45, 7) is 2.17. The second-order valence-corrected chi connectivity index (χ2v) is 4.97. The van der Waals surface area contributed by atoms with E-state index in [4.69, 9.17) is 4.52 Å². The number of aromatic nitrogens is 3. The third-order valence-corrected chi connectivity index (χ3v) is 3.69. The number of hydrogen-bond acceptors (Lipinski definition) is 4. The fourth-order valence-corrected chi connectivity index (χ4v) is 2.25. The van der Waals surface area contributed by atoms with Crippen molar-refractivity contribution in [1.82, 2.24) is 19.6 Å². The molecule has 0 unspecified atom stereocenters. The van der Waals surface area contributed by atoms with E-state index in [2.05, 4.69) is 10.1 Å². The maximum absolute atomic E-state index is 12.4. The average Bonchev–Trinajstić information content (AvgIpc) is 3.16. The van der Waals surface area contributed by atoms with E-state index in [1.54, 1.807) is 24.3 Å². The Labute approximate surface area is 122 Å². The maximum Gasteiger partial charge on any atom is 0.242 e. The number of benzene rings is 1. The molecule has 6 nitrogen and oxygen atoms in total. The van der Waals surface area contributed by atoms with E-state index in [1.165, 1.54) is 6.26 Å². The second kappa shape index (κ2) is 5.40. The molecule has 0 aliphatic carbocycles. The molecule has 3 aromatic rings. The highest BCUT2D eigenvalue weighted by Gasteiger charge is 2.20. The van der Waals surface area contributed by atoms with E-state index in [1.807, 2.05) is 35.8 Å². The normalized spacial score (nSPS) is 12.5. The third kappa shape index (κ3) is 2.52. The lowest BCUT2D eigenvalue weighted by molar-refractivity contribution is -0.132. The summed E-state index contributed by atoms with van der Waals surface area (Å²) in [5.74, 6) is -0.00588. The molecule has 0 saturated carbocycles. The summed E-state index contributed by atoms with van der Waals surface area (Å²) < 4.78 is 6.68. The first-order chi connectivity index (χ1) is 10.2. The van der Waals surface area contributed by atoms with Crippen LogP contribution in [0.4, 0.5) is 0 Å². The Bertz CT molecular complexity index is 748. The molecule has 0 aliphatic rings. The van der Waals surface area contributed by atoms with Gasteiger partial charge >= 0.3 is 0 Å². The van der Waals surface area contributed by atoms with E-state index in [9.17, 15) is 4.79 Å². The van der Waals surface area contributed by atoms with Crippen LogP contribution in [0.15, 0.2) is 47.4 Å². The Morgan fingerprint density at radius 2 is 2.19 bits per heavy atom. The molecular weight excluding hydrogens is 268 g/mol. The third-order valence-electron chi connectivity index (χ3n) is 3.69. The van der Waals surface area contributed by atoms with Crippen molar-refractivity contribution in [2.45, 2.75) is 19.5 Å². The average molecular weight is 284 g/mol. The van der Waals surface area contributed by atoms with Crippen LogP contribution in [0.1, 0.15) is 18.7 Å². The van der Waals surface area contributed by atoms with Gasteiger partial charge in [0.15, 0.2) is 0 Å². The number of para-hydroxylation sites is 2. The summed E-state index contributed by atoms with van der Waals surface area (Å²) >= 11 is 0. The van der Waals surface area contributed by atoms with Crippen molar-refractivity contribution in [3.05, 3.63) is 48.6 Å². The van der Waals surface area contributed by atoms with Crippen LogP contribution in [0.3, 0.4) is 0 Å². The highest BCUT2D eigenvalue weighted by atomic mass is 16.5. The first kappa shape index (κ1) is 13.4. The molecule has 108 valence electrons. The molecule has 2 aromatic heterocycles. The molecule has 0 fully saturated rings. The van der Waals surface area contributed by atoms with Gasteiger partial charge < -0.3 is 14.0 Å². The zero-order valence-electron chi connectivity index (χ0n) is 11.9. The van der Waals surface area contributed by atoms with Crippen molar-refractivity contribution in [2.75, 3.05) is 7.05 Å². The lowest BCUT2D eigenvalue weighted by Crippen LogP contribution is -2.32. The molecule has 1 aromatic carbocycles. The van der Waals surface area contributed by atoms with Gasteiger partial charge in [-0.25, -0.2) is 4.98 Å². The molecule has 0 saturated heterocycles. The summed E-state index contributed by atoms with van der Waals surface area (Å²) in [6, 6.07) is 9.38. The molecule has 21 heavy (non-hydrogen) atoms. The molecule has 0 aliphatic heterocycles. The molecule has 6 heteroatoms.